The molecule has 3 aliphatic rings. The lowest BCUT2D eigenvalue weighted by molar-refractivity contribution is -0.133. The SMILES string of the molecule is O=C(Cn1c2c(sc1=O)[C@@H](c1cccs1)[C@H]1C(=O)N(c3ccc(Br)cc3)C(=O)[C@H]1S2)N1CCCCC1. The summed E-state index contributed by atoms with van der Waals surface area (Å²) in [6, 6.07) is 11.0. The van der Waals surface area contributed by atoms with Crippen molar-refractivity contribution in [1.82, 2.24) is 9.47 Å². The number of hydrogen-bond donors (Lipinski definition) is 0. The molecule has 0 unspecified atom stereocenters. The minimum atomic E-state index is -0.661. The standard InChI is InChI=1S/C25H22BrN3O4S3/c26-14-6-8-15(9-7-14)29-22(31)19-18(16-5-4-12-34-16)21-24(35-20(19)23(29)32)28(25(33)36-21)13-17(30)27-10-2-1-3-11-27/h4-9,12,18-20H,1-3,10-11,13H2/t18-,19+,20-/m0/s1. The van der Waals surface area contributed by atoms with Crippen molar-refractivity contribution in [3.63, 3.8) is 0 Å². The quantitative estimate of drug-likeness (QED) is 0.409. The maximum Gasteiger partial charge on any atom is 0.308 e. The van der Waals surface area contributed by atoms with E-state index in [0.29, 0.717) is 23.8 Å². The minimum absolute atomic E-state index is 0.0369. The van der Waals surface area contributed by atoms with Crippen LogP contribution in [-0.4, -0.2) is 45.5 Å². The Morgan fingerprint density at radius 2 is 1.75 bits per heavy atom. The third kappa shape index (κ3) is 4.00. The second-order valence-corrected chi connectivity index (χ2v) is 13.1. The molecule has 2 fully saturated rings. The average molecular weight is 605 g/mol. The largest absolute Gasteiger partial charge is 0.341 e. The molecule has 2 saturated heterocycles. The van der Waals surface area contributed by atoms with E-state index in [1.807, 2.05) is 34.5 Å². The number of imide groups is 1. The van der Waals surface area contributed by atoms with Crippen molar-refractivity contribution in [2.24, 2.45) is 5.92 Å². The fourth-order valence-electron chi connectivity index (χ4n) is 5.25. The number of hydrogen-bond acceptors (Lipinski definition) is 7. The highest BCUT2D eigenvalue weighted by Crippen LogP contribution is 2.54. The molecule has 6 rings (SSSR count). The first kappa shape index (κ1) is 24.1. The van der Waals surface area contributed by atoms with Crippen LogP contribution in [0.4, 0.5) is 5.69 Å². The normalized spacial score (nSPS) is 23.6. The van der Waals surface area contributed by atoms with Crippen LogP contribution in [0, 0.1) is 5.92 Å². The smallest absolute Gasteiger partial charge is 0.308 e. The molecule has 36 heavy (non-hydrogen) atoms. The Kier molecular flexibility index (Phi) is 6.43. The first-order valence-corrected chi connectivity index (χ1v) is 15.2. The number of benzene rings is 1. The van der Waals surface area contributed by atoms with Gasteiger partial charge in [-0.25, -0.2) is 4.90 Å². The van der Waals surface area contributed by atoms with Gasteiger partial charge in [-0.3, -0.25) is 23.7 Å². The number of likely N-dealkylation sites (tertiary alicyclic amines) is 1. The number of aromatic nitrogens is 1. The summed E-state index contributed by atoms with van der Waals surface area (Å²) in [5.74, 6) is -1.61. The molecular formula is C25H22BrN3O4S3. The molecule has 7 nitrogen and oxygen atoms in total. The minimum Gasteiger partial charge on any atom is -0.341 e. The highest BCUT2D eigenvalue weighted by atomic mass is 79.9. The molecule has 3 atom stereocenters. The summed E-state index contributed by atoms with van der Waals surface area (Å²) in [7, 11) is 0. The number of carbonyl (C=O) groups excluding carboxylic acids is 3. The van der Waals surface area contributed by atoms with Gasteiger partial charge in [-0.1, -0.05) is 45.1 Å². The van der Waals surface area contributed by atoms with Crippen LogP contribution in [0.15, 0.2) is 56.1 Å². The number of thioether (sulfide) groups is 1. The Bertz CT molecular complexity index is 1390. The van der Waals surface area contributed by atoms with E-state index in [-0.39, 0.29) is 29.1 Å². The number of anilines is 1. The monoisotopic (exact) mass is 603 g/mol. The predicted molar refractivity (Wildman–Crippen MR) is 145 cm³/mol. The van der Waals surface area contributed by atoms with Crippen LogP contribution in [-0.2, 0) is 20.9 Å². The molecule has 0 aliphatic carbocycles. The van der Waals surface area contributed by atoms with E-state index >= 15 is 0 Å². The van der Waals surface area contributed by atoms with Crippen molar-refractivity contribution >= 4 is 73.8 Å². The lowest BCUT2D eigenvalue weighted by Gasteiger charge is -2.30. The van der Waals surface area contributed by atoms with Gasteiger partial charge in [0.2, 0.25) is 17.7 Å². The molecule has 0 saturated carbocycles. The number of thiazole rings is 1. The number of fused-ring (bicyclic) bond motifs is 2. The fourth-order valence-corrected chi connectivity index (χ4v) is 9.24. The summed E-state index contributed by atoms with van der Waals surface area (Å²) in [6.45, 7) is 1.39. The summed E-state index contributed by atoms with van der Waals surface area (Å²) in [5, 5.41) is 1.93. The van der Waals surface area contributed by atoms with Gasteiger partial charge in [-0.15, -0.1) is 11.3 Å². The zero-order valence-corrected chi connectivity index (χ0v) is 23.1. The third-order valence-corrected chi connectivity index (χ3v) is 11.1. The summed E-state index contributed by atoms with van der Waals surface area (Å²) in [6.07, 6.45) is 3.07. The third-order valence-electron chi connectivity index (χ3n) is 6.99. The van der Waals surface area contributed by atoms with Crippen molar-refractivity contribution in [2.45, 2.75) is 42.0 Å². The van der Waals surface area contributed by atoms with Gasteiger partial charge < -0.3 is 4.90 Å². The number of piperidine rings is 1. The maximum atomic E-state index is 13.8. The van der Waals surface area contributed by atoms with Crippen LogP contribution in [0.5, 0.6) is 0 Å². The number of amides is 3. The Labute approximate surface area is 228 Å². The van der Waals surface area contributed by atoms with Crippen LogP contribution < -0.4 is 9.77 Å². The van der Waals surface area contributed by atoms with Gasteiger partial charge in [0.05, 0.1) is 16.6 Å². The van der Waals surface area contributed by atoms with E-state index in [4.69, 9.17) is 0 Å². The van der Waals surface area contributed by atoms with Gasteiger partial charge in [0, 0.05) is 33.2 Å². The van der Waals surface area contributed by atoms with Gasteiger partial charge in [-0.05, 0) is 55.0 Å². The Morgan fingerprint density at radius 1 is 1.00 bits per heavy atom. The molecule has 11 heteroatoms. The molecule has 0 N–H and O–H groups in total. The van der Waals surface area contributed by atoms with Crippen molar-refractivity contribution in [2.75, 3.05) is 18.0 Å². The topological polar surface area (TPSA) is 79.7 Å². The van der Waals surface area contributed by atoms with E-state index in [9.17, 15) is 19.2 Å². The highest BCUT2D eigenvalue weighted by molar-refractivity contribution is 9.10. The predicted octanol–water partition coefficient (Wildman–Crippen LogP) is 4.54. The molecule has 0 spiro atoms. The summed E-state index contributed by atoms with van der Waals surface area (Å²) >= 11 is 7.29. The molecule has 186 valence electrons. The van der Waals surface area contributed by atoms with Crippen LogP contribution in [0.2, 0.25) is 0 Å². The Morgan fingerprint density at radius 3 is 2.44 bits per heavy atom. The fraction of sp³-hybridized carbons (Fsp3) is 0.360. The number of nitrogens with zero attached hydrogens (tertiary/aromatic N) is 3. The van der Waals surface area contributed by atoms with Crippen LogP contribution in [0.25, 0.3) is 0 Å². The lowest BCUT2D eigenvalue weighted by Crippen LogP contribution is -2.39. The Balaban J connectivity index is 1.41. The maximum absolute atomic E-state index is 13.8. The van der Waals surface area contributed by atoms with Gasteiger partial charge in [0.15, 0.2) is 0 Å². The number of halogens is 1. The molecular weight excluding hydrogens is 582 g/mol. The zero-order chi connectivity index (χ0) is 25.0. The number of carbonyl (C=O) groups is 3. The molecule has 5 heterocycles. The van der Waals surface area contributed by atoms with E-state index in [1.165, 1.54) is 32.6 Å². The first-order chi connectivity index (χ1) is 17.4. The van der Waals surface area contributed by atoms with E-state index in [1.54, 1.807) is 12.1 Å². The van der Waals surface area contributed by atoms with Crippen LogP contribution in [0.3, 0.4) is 0 Å². The molecule has 2 aromatic heterocycles. The van der Waals surface area contributed by atoms with E-state index < -0.39 is 17.1 Å². The highest BCUT2D eigenvalue weighted by Gasteiger charge is 2.57. The zero-order valence-electron chi connectivity index (χ0n) is 19.1. The van der Waals surface area contributed by atoms with Crippen molar-refractivity contribution in [3.05, 3.63) is 65.7 Å². The first-order valence-electron chi connectivity index (χ1n) is 11.8. The lowest BCUT2D eigenvalue weighted by atomic mass is 9.87. The van der Waals surface area contributed by atoms with Crippen molar-refractivity contribution < 1.29 is 14.4 Å². The molecule has 3 aromatic rings. The molecule has 3 amide bonds. The number of thiophene rings is 1. The molecule has 1 aromatic carbocycles. The second kappa shape index (κ2) is 9.59. The second-order valence-electron chi connectivity index (χ2n) is 9.11. The van der Waals surface area contributed by atoms with Crippen LogP contribution >= 0.6 is 50.4 Å². The van der Waals surface area contributed by atoms with Crippen LogP contribution in [0.1, 0.15) is 34.9 Å². The van der Waals surface area contributed by atoms with Crippen molar-refractivity contribution in [3.8, 4) is 0 Å². The van der Waals surface area contributed by atoms with E-state index in [0.717, 1.165) is 44.8 Å². The number of rotatable bonds is 4. The van der Waals surface area contributed by atoms with Gasteiger partial charge in [0.1, 0.15) is 11.8 Å². The summed E-state index contributed by atoms with van der Waals surface area (Å²) in [4.78, 5) is 58.3. The summed E-state index contributed by atoms with van der Waals surface area (Å²) in [5.41, 5.74) is 0.536. The van der Waals surface area contributed by atoms with Gasteiger partial charge >= 0.3 is 4.87 Å². The molecule has 3 aliphatic heterocycles. The Hall–Kier alpha value is -2.21. The molecule has 0 radical (unpaired) electrons. The molecule has 0 bridgehead atoms. The van der Waals surface area contributed by atoms with E-state index in [2.05, 4.69) is 15.9 Å². The summed E-state index contributed by atoms with van der Waals surface area (Å²) < 4.78 is 2.39. The van der Waals surface area contributed by atoms with Gasteiger partial charge in [-0.2, -0.15) is 0 Å². The van der Waals surface area contributed by atoms with Crippen molar-refractivity contribution in [1.29, 1.82) is 0 Å². The van der Waals surface area contributed by atoms with Gasteiger partial charge in [0.25, 0.3) is 0 Å². The average Bonchev–Trinajstić information content (AvgIpc) is 3.58.